The van der Waals surface area contributed by atoms with Crippen LogP contribution in [-0.4, -0.2) is 44.5 Å². The number of amides is 2. The SMILES string of the molecule is CCCCC(CC)COc1cc(C2=CCC=C2)ccc1N1C(=O)c2cc3c(cc2C1=O)C(=O)C(c1nc2ccc(-n4c(C)c(CC)c(CC)c4C)cc2c(=O)[nH]1)C3=O. The quantitative estimate of drug-likeness (QED) is 0.0931. The van der Waals surface area contributed by atoms with Gasteiger partial charge in [-0.1, -0.05) is 71.3 Å². The zero-order valence-electron chi connectivity index (χ0n) is 34.0. The molecule has 0 bridgehead atoms. The number of ketones is 2. The van der Waals surface area contributed by atoms with Crippen molar-refractivity contribution < 1.29 is 23.9 Å². The molecule has 1 aliphatic heterocycles. The third-order valence-corrected chi connectivity index (χ3v) is 12.3. The van der Waals surface area contributed by atoms with Gasteiger partial charge in [0.05, 0.1) is 34.3 Å². The summed E-state index contributed by atoms with van der Waals surface area (Å²) in [7, 11) is 0. The van der Waals surface area contributed by atoms with Gasteiger partial charge in [-0.05, 0) is 110 Å². The topological polar surface area (TPSA) is 131 Å². The molecule has 2 aliphatic carbocycles. The molecular weight excluding hydrogens is 729 g/mol. The molecule has 3 heterocycles. The number of H-pyrrole nitrogens is 1. The summed E-state index contributed by atoms with van der Waals surface area (Å²) in [5.41, 5.74) is 7.85. The molecule has 1 atom stereocenters. The van der Waals surface area contributed by atoms with E-state index >= 15 is 0 Å². The Kier molecular flexibility index (Phi) is 10.2. The normalized spacial score (nSPS) is 15.6. The number of unbranched alkanes of at least 4 members (excludes halogenated alkanes) is 1. The molecule has 10 nitrogen and oxygen atoms in total. The average Bonchev–Trinajstić information content (AvgIpc) is 3.97. The first kappa shape index (κ1) is 38.7. The summed E-state index contributed by atoms with van der Waals surface area (Å²) in [6, 6.07) is 13.5. The largest absolute Gasteiger partial charge is 0.491 e. The molecule has 2 amide bonds. The van der Waals surface area contributed by atoms with Crippen LogP contribution in [-0.2, 0) is 12.8 Å². The van der Waals surface area contributed by atoms with Crippen LogP contribution in [0.2, 0.25) is 0 Å². The van der Waals surface area contributed by atoms with E-state index in [1.165, 1.54) is 23.3 Å². The number of nitrogens with zero attached hydrogens (tertiary/aromatic N) is 3. The highest BCUT2D eigenvalue weighted by atomic mass is 16.5. The first-order valence-electron chi connectivity index (χ1n) is 20.5. The molecule has 0 fully saturated rings. The predicted octanol–water partition coefficient (Wildman–Crippen LogP) is 9.36. The summed E-state index contributed by atoms with van der Waals surface area (Å²) < 4.78 is 8.58. The van der Waals surface area contributed by atoms with E-state index in [1.807, 2.05) is 24.3 Å². The first-order valence-corrected chi connectivity index (χ1v) is 20.5. The number of aromatic nitrogens is 3. The van der Waals surface area contributed by atoms with Crippen molar-refractivity contribution in [2.45, 2.75) is 92.4 Å². The standard InChI is InChI=1S/C48H48N4O6/c1-7-11-14-28(8-2)25-58-41-21-30(29-15-12-13-16-29)17-20-40(41)52-47(56)36-23-34-35(24-37(36)48(52)57)44(54)42(43(34)53)45-49-39-19-18-31(22-38(39)46(55)50-45)51-26(5)32(9-3)33(10-4)27(51)6/h12,15-24,28,42H,7-11,13-14,25H2,1-6H3,(H,49,50,55). The minimum absolute atomic E-state index is 0.0142. The monoisotopic (exact) mass is 776 g/mol. The lowest BCUT2D eigenvalue weighted by atomic mass is 10.0. The summed E-state index contributed by atoms with van der Waals surface area (Å²) in [4.78, 5) is 78.5. The van der Waals surface area contributed by atoms with Gasteiger partial charge in [-0.25, -0.2) is 9.88 Å². The summed E-state index contributed by atoms with van der Waals surface area (Å²) in [5, 5.41) is 0.328. The van der Waals surface area contributed by atoms with Gasteiger partial charge in [0.1, 0.15) is 17.5 Å². The Morgan fingerprint density at radius 2 is 1.50 bits per heavy atom. The molecule has 1 unspecified atom stereocenters. The number of aromatic amines is 1. The summed E-state index contributed by atoms with van der Waals surface area (Å²) in [5.74, 6) is -3.19. The number of allylic oxidation sites excluding steroid dienone is 4. The first-order chi connectivity index (χ1) is 28.0. The zero-order valence-corrected chi connectivity index (χ0v) is 34.0. The lowest BCUT2D eigenvalue weighted by Crippen LogP contribution is -2.30. The highest BCUT2D eigenvalue weighted by Gasteiger charge is 2.46. The Morgan fingerprint density at radius 1 is 0.828 bits per heavy atom. The molecular formula is C48H48N4O6. The molecule has 3 aliphatic rings. The Labute approximate surface area is 337 Å². The second kappa shape index (κ2) is 15.3. The van der Waals surface area contributed by atoms with E-state index in [9.17, 15) is 24.0 Å². The number of rotatable bonds is 13. The van der Waals surface area contributed by atoms with Crippen molar-refractivity contribution in [2.75, 3.05) is 11.5 Å². The molecule has 296 valence electrons. The van der Waals surface area contributed by atoms with Gasteiger partial charge < -0.3 is 14.3 Å². The van der Waals surface area contributed by atoms with Crippen LogP contribution in [0, 0.1) is 19.8 Å². The molecule has 0 saturated heterocycles. The van der Waals surface area contributed by atoms with Crippen molar-refractivity contribution >= 4 is 45.5 Å². The summed E-state index contributed by atoms with van der Waals surface area (Å²) in [6.45, 7) is 13.2. The van der Waals surface area contributed by atoms with Crippen molar-refractivity contribution in [3.05, 3.63) is 133 Å². The molecule has 0 spiro atoms. The lowest BCUT2D eigenvalue weighted by molar-refractivity contribution is 0.0882. The van der Waals surface area contributed by atoms with Gasteiger partial charge in [0.15, 0.2) is 11.6 Å². The fraction of sp³-hybridized carbons (Fsp3) is 0.333. The zero-order chi connectivity index (χ0) is 41.0. The number of fused-ring (bicyclic) bond motifs is 3. The lowest BCUT2D eigenvalue weighted by Gasteiger charge is -2.22. The number of imide groups is 1. The van der Waals surface area contributed by atoms with E-state index in [-0.39, 0.29) is 28.1 Å². The maximum Gasteiger partial charge on any atom is 0.266 e. The fourth-order valence-corrected chi connectivity index (χ4v) is 9.07. The number of benzene rings is 3. The van der Waals surface area contributed by atoms with Crippen molar-refractivity contribution in [3.8, 4) is 11.4 Å². The van der Waals surface area contributed by atoms with E-state index in [0.29, 0.717) is 34.9 Å². The van der Waals surface area contributed by atoms with Crippen LogP contribution in [0.3, 0.4) is 0 Å². The molecule has 2 aromatic heterocycles. The maximum atomic E-state index is 14.2. The highest BCUT2D eigenvalue weighted by molar-refractivity contribution is 6.37. The van der Waals surface area contributed by atoms with Gasteiger partial charge in [0.25, 0.3) is 17.4 Å². The summed E-state index contributed by atoms with van der Waals surface area (Å²) in [6.07, 6.45) is 12.9. The number of anilines is 1. The maximum absolute atomic E-state index is 14.2. The highest BCUT2D eigenvalue weighted by Crippen LogP contribution is 2.41. The minimum atomic E-state index is -1.42. The fourth-order valence-electron chi connectivity index (χ4n) is 9.07. The average molecular weight is 777 g/mol. The van der Waals surface area contributed by atoms with E-state index in [0.717, 1.165) is 78.1 Å². The molecule has 0 radical (unpaired) electrons. The second-order valence-corrected chi connectivity index (χ2v) is 15.6. The van der Waals surface area contributed by atoms with Crippen LogP contribution in [0.5, 0.6) is 5.75 Å². The number of carbonyl (C=O) groups excluding carboxylic acids is 4. The van der Waals surface area contributed by atoms with Crippen LogP contribution in [0.1, 0.15) is 141 Å². The third-order valence-electron chi connectivity index (χ3n) is 12.3. The van der Waals surface area contributed by atoms with Crippen LogP contribution in [0.15, 0.2) is 71.6 Å². The van der Waals surface area contributed by atoms with Gasteiger partial charge in [0, 0.05) is 28.2 Å². The number of carbonyl (C=O) groups is 4. The van der Waals surface area contributed by atoms with Crippen molar-refractivity contribution in [1.29, 1.82) is 0 Å². The summed E-state index contributed by atoms with van der Waals surface area (Å²) >= 11 is 0. The smallest absolute Gasteiger partial charge is 0.266 e. The molecule has 58 heavy (non-hydrogen) atoms. The predicted molar refractivity (Wildman–Crippen MR) is 226 cm³/mol. The van der Waals surface area contributed by atoms with Crippen LogP contribution in [0.25, 0.3) is 22.2 Å². The molecule has 5 aromatic rings. The Balaban J connectivity index is 1.10. The van der Waals surface area contributed by atoms with Crippen molar-refractivity contribution in [1.82, 2.24) is 14.5 Å². The van der Waals surface area contributed by atoms with Crippen molar-refractivity contribution in [2.24, 2.45) is 5.92 Å². The number of hydrogen-bond donors (Lipinski definition) is 1. The Morgan fingerprint density at radius 3 is 2.09 bits per heavy atom. The van der Waals surface area contributed by atoms with E-state index in [2.05, 4.69) is 68.2 Å². The molecule has 3 aromatic carbocycles. The molecule has 8 rings (SSSR count). The van der Waals surface area contributed by atoms with Crippen molar-refractivity contribution in [3.63, 3.8) is 0 Å². The van der Waals surface area contributed by atoms with Crippen LogP contribution >= 0.6 is 0 Å². The van der Waals surface area contributed by atoms with Gasteiger partial charge in [-0.15, -0.1) is 0 Å². The van der Waals surface area contributed by atoms with Gasteiger partial charge in [0.2, 0.25) is 0 Å². The van der Waals surface area contributed by atoms with Crippen LogP contribution < -0.4 is 15.2 Å². The number of ether oxygens (including phenoxy) is 1. The Bertz CT molecular complexity index is 2610. The number of nitrogens with one attached hydrogen (secondary N) is 1. The minimum Gasteiger partial charge on any atom is -0.491 e. The van der Waals surface area contributed by atoms with Crippen LogP contribution in [0.4, 0.5) is 5.69 Å². The van der Waals surface area contributed by atoms with E-state index in [1.54, 1.807) is 18.2 Å². The molecule has 0 saturated carbocycles. The van der Waals surface area contributed by atoms with Gasteiger partial charge >= 0.3 is 0 Å². The molecule has 1 N–H and O–H groups in total. The second-order valence-electron chi connectivity index (χ2n) is 15.6. The van der Waals surface area contributed by atoms with Gasteiger partial charge in [-0.2, -0.15) is 0 Å². The number of hydrogen-bond acceptors (Lipinski definition) is 7. The number of Topliss-reactive ketones (excluding diaryl/α,β-unsaturated/α-hetero) is 2. The molecule has 10 heteroatoms. The Hall–Kier alpha value is -6.16. The van der Waals surface area contributed by atoms with E-state index < -0.39 is 34.9 Å². The third kappa shape index (κ3) is 6.26. The van der Waals surface area contributed by atoms with E-state index in [4.69, 9.17) is 4.74 Å². The van der Waals surface area contributed by atoms with Gasteiger partial charge in [-0.3, -0.25) is 24.0 Å².